The summed E-state index contributed by atoms with van der Waals surface area (Å²) < 4.78 is 5.28. The smallest absolute Gasteiger partial charge is 0.243 e. The topological polar surface area (TPSA) is 73.6 Å². The van der Waals surface area contributed by atoms with Crippen LogP contribution >= 0.6 is 0 Å². The Hall–Kier alpha value is -1.12. The lowest BCUT2D eigenvalue weighted by atomic mass is 9.80. The molecule has 2 aliphatic heterocycles. The van der Waals surface area contributed by atoms with Gasteiger partial charge >= 0.3 is 0 Å². The molecule has 5 heteroatoms. The first kappa shape index (κ1) is 13.8. The number of hydrogen-bond donors (Lipinski definition) is 1. The number of aliphatic hydroxyl groups is 1. The number of nitrogens with zero attached hydrogens (tertiary/aromatic N) is 2. The number of hydrogen-bond acceptors (Lipinski definition) is 4. The Morgan fingerprint density at radius 2 is 2.05 bits per heavy atom. The van der Waals surface area contributed by atoms with E-state index < -0.39 is 11.0 Å². The number of ether oxygens (including phenoxy) is 1. The Balaban J connectivity index is 1.76. The number of amides is 1. The molecule has 0 aromatic carbocycles. The quantitative estimate of drug-likeness (QED) is 0.815. The normalized spacial score (nSPS) is 36.6. The van der Waals surface area contributed by atoms with E-state index in [4.69, 9.17) is 4.74 Å². The molecule has 5 nitrogen and oxygen atoms in total. The molecule has 3 fully saturated rings. The summed E-state index contributed by atoms with van der Waals surface area (Å²) in [6, 6.07) is 2.23. The third kappa shape index (κ3) is 2.02. The zero-order valence-electron chi connectivity index (χ0n) is 12.0. The van der Waals surface area contributed by atoms with Gasteiger partial charge in [0.25, 0.3) is 0 Å². The molecule has 2 saturated heterocycles. The Morgan fingerprint density at radius 3 is 2.60 bits per heavy atom. The third-order valence-electron chi connectivity index (χ3n) is 5.33. The van der Waals surface area contributed by atoms with Crippen LogP contribution in [0.5, 0.6) is 0 Å². The number of rotatable bonds is 2. The minimum atomic E-state index is -0.938. The lowest BCUT2D eigenvalue weighted by Gasteiger charge is -2.33. The summed E-state index contributed by atoms with van der Waals surface area (Å²) in [6.45, 7) is 3.90. The average molecular weight is 278 g/mol. The van der Waals surface area contributed by atoms with Crippen LogP contribution in [0.3, 0.4) is 0 Å². The molecule has 1 saturated carbocycles. The highest BCUT2D eigenvalue weighted by atomic mass is 16.5. The predicted molar refractivity (Wildman–Crippen MR) is 71.5 cm³/mol. The van der Waals surface area contributed by atoms with Crippen LogP contribution in [0.4, 0.5) is 0 Å². The fourth-order valence-corrected chi connectivity index (χ4v) is 3.68. The highest BCUT2D eigenvalue weighted by Gasteiger charge is 2.55. The van der Waals surface area contributed by atoms with Crippen molar-refractivity contribution in [3.8, 4) is 6.07 Å². The fraction of sp³-hybridized carbons (Fsp3) is 0.867. The van der Waals surface area contributed by atoms with Gasteiger partial charge in [-0.05, 0) is 31.6 Å². The molecule has 0 unspecified atom stereocenters. The van der Waals surface area contributed by atoms with E-state index in [1.54, 1.807) is 4.90 Å². The summed E-state index contributed by atoms with van der Waals surface area (Å²) in [7, 11) is 0. The zero-order chi connectivity index (χ0) is 14.4. The summed E-state index contributed by atoms with van der Waals surface area (Å²) >= 11 is 0. The zero-order valence-corrected chi connectivity index (χ0v) is 12.0. The Labute approximate surface area is 119 Å². The van der Waals surface area contributed by atoms with Crippen LogP contribution in [0, 0.1) is 28.6 Å². The van der Waals surface area contributed by atoms with E-state index >= 15 is 0 Å². The standard InChI is InChI=1S/C15H22N2O3/c1-11-8-17(10-15(11,19)12-2-3-12)13(18)14(9-16)4-6-20-7-5-14/h11-12,19H,2-8,10H2,1H3/t11-,15+/m0/s1. The second-order valence-electron chi connectivity index (χ2n) is 6.66. The van der Waals surface area contributed by atoms with E-state index in [0.717, 1.165) is 12.8 Å². The van der Waals surface area contributed by atoms with Crippen molar-refractivity contribution in [1.82, 2.24) is 4.90 Å². The van der Waals surface area contributed by atoms with Crippen molar-refractivity contribution in [2.75, 3.05) is 26.3 Å². The van der Waals surface area contributed by atoms with Gasteiger partial charge in [-0.2, -0.15) is 5.26 Å². The summed E-state index contributed by atoms with van der Waals surface area (Å²) in [5.41, 5.74) is -1.68. The molecule has 2 heterocycles. The molecule has 0 aromatic heterocycles. The minimum absolute atomic E-state index is 0.0922. The van der Waals surface area contributed by atoms with Crippen LogP contribution in [0.1, 0.15) is 32.6 Å². The molecule has 1 amide bonds. The first-order chi connectivity index (χ1) is 9.52. The molecule has 0 spiro atoms. The van der Waals surface area contributed by atoms with Crippen LogP contribution < -0.4 is 0 Å². The van der Waals surface area contributed by atoms with E-state index in [0.29, 0.717) is 45.1 Å². The molecule has 3 rings (SSSR count). The van der Waals surface area contributed by atoms with Gasteiger partial charge in [-0.3, -0.25) is 4.79 Å². The van der Waals surface area contributed by atoms with Gasteiger partial charge in [-0.15, -0.1) is 0 Å². The second kappa shape index (κ2) is 4.71. The van der Waals surface area contributed by atoms with Crippen molar-refractivity contribution in [3.05, 3.63) is 0 Å². The van der Waals surface area contributed by atoms with Crippen molar-refractivity contribution < 1.29 is 14.6 Å². The van der Waals surface area contributed by atoms with E-state index in [2.05, 4.69) is 6.07 Å². The highest BCUT2D eigenvalue weighted by Crippen LogP contribution is 2.48. The Morgan fingerprint density at radius 1 is 1.40 bits per heavy atom. The molecule has 1 aliphatic carbocycles. The summed E-state index contributed by atoms with van der Waals surface area (Å²) in [6.07, 6.45) is 3.05. The van der Waals surface area contributed by atoms with E-state index in [1.807, 2.05) is 6.92 Å². The van der Waals surface area contributed by atoms with Gasteiger partial charge < -0.3 is 14.7 Å². The van der Waals surface area contributed by atoms with Crippen molar-refractivity contribution in [3.63, 3.8) is 0 Å². The maximum atomic E-state index is 12.8. The molecular formula is C15H22N2O3. The highest BCUT2D eigenvalue weighted by molar-refractivity contribution is 5.86. The largest absolute Gasteiger partial charge is 0.387 e. The third-order valence-corrected chi connectivity index (χ3v) is 5.33. The number of nitriles is 1. The van der Waals surface area contributed by atoms with Crippen molar-refractivity contribution in [1.29, 1.82) is 5.26 Å². The van der Waals surface area contributed by atoms with Crippen LogP contribution in [0.15, 0.2) is 0 Å². The lowest BCUT2D eigenvalue weighted by molar-refractivity contribution is -0.143. The molecule has 0 aromatic rings. The molecule has 2 atom stereocenters. The van der Waals surface area contributed by atoms with Crippen LogP contribution in [-0.4, -0.2) is 47.8 Å². The van der Waals surface area contributed by atoms with Gasteiger partial charge in [0.15, 0.2) is 0 Å². The molecular weight excluding hydrogens is 256 g/mol. The Bertz CT molecular complexity index is 449. The van der Waals surface area contributed by atoms with Gasteiger partial charge in [0.2, 0.25) is 5.91 Å². The second-order valence-corrected chi connectivity index (χ2v) is 6.66. The average Bonchev–Trinajstić information content (AvgIpc) is 3.27. The monoisotopic (exact) mass is 278 g/mol. The number of carbonyl (C=O) groups is 1. The van der Waals surface area contributed by atoms with Gasteiger partial charge in [0.05, 0.1) is 18.2 Å². The summed E-state index contributed by atoms with van der Waals surface area (Å²) in [5, 5.41) is 20.2. The first-order valence-electron chi connectivity index (χ1n) is 7.52. The maximum Gasteiger partial charge on any atom is 0.243 e. The fourth-order valence-electron chi connectivity index (χ4n) is 3.68. The van der Waals surface area contributed by atoms with E-state index in [-0.39, 0.29) is 11.8 Å². The van der Waals surface area contributed by atoms with Gasteiger partial charge in [-0.25, -0.2) is 0 Å². The molecule has 20 heavy (non-hydrogen) atoms. The minimum Gasteiger partial charge on any atom is -0.387 e. The molecule has 0 bridgehead atoms. The van der Waals surface area contributed by atoms with Crippen molar-refractivity contribution in [2.45, 2.75) is 38.2 Å². The van der Waals surface area contributed by atoms with Crippen molar-refractivity contribution >= 4 is 5.91 Å². The molecule has 3 aliphatic rings. The summed E-state index contributed by atoms with van der Waals surface area (Å²) in [4.78, 5) is 14.5. The number of β-amino-alcohol motifs (C(OH)–C–C–N with tert-alkyl or cyclic N) is 1. The van der Waals surface area contributed by atoms with Gasteiger partial charge in [-0.1, -0.05) is 6.92 Å². The number of likely N-dealkylation sites (tertiary alicyclic amines) is 1. The first-order valence-corrected chi connectivity index (χ1v) is 7.52. The SMILES string of the molecule is C[C@H]1CN(C(=O)C2(C#N)CCOCC2)C[C@]1(O)C1CC1. The maximum absolute atomic E-state index is 12.8. The summed E-state index contributed by atoms with van der Waals surface area (Å²) in [5.74, 6) is 0.323. The predicted octanol–water partition coefficient (Wildman–Crippen LogP) is 0.926. The van der Waals surface area contributed by atoms with E-state index in [1.165, 1.54) is 0 Å². The van der Waals surface area contributed by atoms with E-state index in [9.17, 15) is 15.2 Å². The molecule has 110 valence electrons. The van der Waals surface area contributed by atoms with Gasteiger partial charge in [0.1, 0.15) is 5.41 Å². The van der Waals surface area contributed by atoms with Crippen molar-refractivity contribution in [2.24, 2.45) is 17.3 Å². The van der Waals surface area contributed by atoms with Gasteiger partial charge in [0, 0.05) is 25.7 Å². The molecule has 1 N–H and O–H groups in total. The Kier molecular flexibility index (Phi) is 3.26. The lowest BCUT2D eigenvalue weighted by Crippen LogP contribution is -2.47. The van der Waals surface area contributed by atoms with Crippen LogP contribution in [0.2, 0.25) is 0 Å². The number of carbonyl (C=O) groups excluding carboxylic acids is 1. The van der Waals surface area contributed by atoms with Crippen LogP contribution in [0.25, 0.3) is 0 Å². The van der Waals surface area contributed by atoms with Crippen LogP contribution in [-0.2, 0) is 9.53 Å². The molecule has 0 radical (unpaired) electrons.